The highest BCUT2D eigenvalue weighted by Gasteiger charge is 2.34. The van der Waals surface area contributed by atoms with Crippen molar-refractivity contribution >= 4 is 50.3 Å². The molecule has 0 spiro atoms. The van der Waals surface area contributed by atoms with Crippen molar-refractivity contribution in [2.24, 2.45) is 5.92 Å². The van der Waals surface area contributed by atoms with Crippen molar-refractivity contribution < 1.29 is 13.2 Å². The fourth-order valence-electron chi connectivity index (χ4n) is 5.29. The number of thioether (sulfide) groups is 1. The first kappa shape index (κ1) is 29.7. The van der Waals surface area contributed by atoms with E-state index in [2.05, 4.69) is 13.8 Å². The van der Waals surface area contributed by atoms with Crippen LogP contribution in [0, 0.1) is 5.92 Å². The minimum absolute atomic E-state index is 0.0845. The molecule has 2 saturated heterocycles. The summed E-state index contributed by atoms with van der Waals surface area (Å²) in [6, 6.07) is 16.7. The molecule has 2 aromatic carbocycles. The summed E-state index contributed by atoms with van der Waals surface area (Å²) in [5.41, 5.74) is 2.87. The molecule has 0 radical (unpaired) electrons. The Hall–Kier alpha value is -2.79. The van der Waals surface area contributed by atoms with Gasteiger partial charge in [0.25, 0.3) is 5.91 Å². The number of sulfonamides is 1. The van der Waals surface area contributed by atoms with Gasteiger partial charge in [-0.1, -0.05) is 87.4 Å². The van der Waals surface area contributed by atoms with E-state index in [1.54, 1.807) is 32.1 Å². The van der Waals surface area contributed by atoms with E-state index in [9.17, 15) is 13.2 Å². The minimum Gasteiger partial charge on any atom is -0.293 e. The molecule has 1 amide bonds. The second-order valence-electron chi connectivity index (χ2n) is 10.6. The van der Waals surface area contributed by atoms with Crippen molar-refractivity contribution in [3.05, 3.63) is 71.3 Å². The Morgan fingerprint density at radius 1 is 1.07 bits per heavy atom. The number of hydrogen-bond donors (Lipinski definition) is 0. The molecule has 2 aliphatic heterocycles. The molecule has 1 aromatic heterocycles. The van der Waals surface area contributed by atoms with Gasteiger partial charge in [0.15, 0.2) is 0 Å². The number of rotatable bonds is 11. The fourth-order valence-corrected chi connectivity index (χ4v) is 8.12. The molecule has 3 heterocycles. The Bertz CT molecular complexity index is 1540. The number of nitrogens with zero attached hydrogens (tertiary/aromatic N) is 4. The van der Waals surface area contributed by atoms with Crippen LogP contribution in [0.2, 0.25) is 0 Å². The number of aromatic nitrogens is 2. The lowest BCUT2D eigenvalue weighted by Crippen LogP contribution is -2.33. The van der Waals surface area contributed by atoms with Crippen LogP contribution in [-0.2, 0) is 14.8 Å². The Morgan fingerprint density at radius 2 is 1.83 bits per heavy atom. The first-order valence-corrected chi connectivity index (χ1v) is 17.0. The minimum atomic E-state index is -3.59. The summed E-state index contributed by atoms with van der Waals surface area (Å²) in [5, 5.41) is 4.87. The van der Waals surface area contributed by atoms with Gasteiger partial charge in [0.2, 0.25) is 10.0 Å². The van der Waals surface area contributed by atoms with Crippen LogP contribution in [0.15, 0.2) is 70.6 Å². The van der Waals surface area contributed by atoms with Crippen molar-refractivity contribution in [3.8, 4) is 16.9 Å². The zero-order valence-electron chi connectivity index (χ0n) is 23.5. The van der Waals surface area contributed by atoms with Gasteiger partial charge in [-0.2, -0.15) is 9.40 Å². The molecule has 1 atom stereocenters. The summed E-state index contributed by atoms with van der Waals surface area (Å²) in [6.07, 6.45) is 9.82. The van der Waals surface area contributed by atoms with Gasteiger partial charge in [-0.25, -0.2) is 13.1 Å². The van der Waals surface area contributed by atoms with E-state index in [0.717, 1.165) is 49.8 Å². The van der Waals surface area contributed by atoms with Crippen LogP contribution in [0.25, 0.3) is 23.0 Å². The molecule has 2 fully saturated rings. The first-order chi connectivity index (χ1) is 19.8. The van der Waals surface area contributed by atoms with Gasteiger partial charge in [-0.05, 0) is 55.5 Å². The summed E-state index contributed by atoms with van der Waals surface area (Å²) < 4.78 is 30.5. The van der Waals surface area contributed by atoms with Gasteiger partial charge in [-0.15, -0.1) is 0 Å². The number of carbonyl (C=O) groups excluding carboxylic acids is 1. The van der Waals surface area contributed by atoms with Crippen LogP contribution in [0.5, 0.6) is 0 Å². The van der Waals surface area contributed by atoms with E-state index >= 15 is 0 Å². The molecular weight excluding hydrogens is 573 g/mol. The van der Waals surface area contributed by atoms with E-state index in [1.165, 1.54) is 11.8 Å². The lowest BCUT2D eigenvalue weighted by Gasteiger charge is -2.21. The molecule has 0 saturated carbocycles. The van der Waals surface area contributed by atoms with Crippen LogP contribution in [-0.4, -0.2) is 57.3 Å². The van der Waals surface area contributed by atoms with Crippen molar-refractivity contribution in [2.45, 2.75) is 57.3 Å². The monoisotopic (exact) mass is 608 g/mol. The topological polar surface area (TPSA) is 75.5 Å². The SMILES string of the molecule is CCCCC(CC)CN1C(=O)C(=Cc2cn(-c3ccccc3)nc2-c2cccc(S(=O)(=O)N3CCCC3)c2)SC1=S. The van der Waals surface area contributed by atoms with Crippen LogP contribution < -0.4 is 0 Å². The fraction of sp³-hybridized carbons (Fsp3) is 0.387. The van der Waals surface area contributed by atoms with Gasteiger partial charge in [-0.3, -0.25) is 9.69 Å². The maximum absolute atomic E-state index is 13.5. The molecule has 7 nitrogen and oxygen atoms in total. The number of unbranched alkanes of at least 4 members (excludes halogenated alkanes) is 1. The van der Waals surface area contributed by atoms with Crippen LogP contribution >= 0.6 is 24.0 Å². The largest absolute Gasteiger partial charge is 0.293 e. The second-order valence-corrected chi connectivity index (χ2v) is 14.2. The van der Waals surface area contributed by atoms with Gasteiger partial charge in [0.05, 0.1) is 15.5 Å². The quantitative estimate of drug-likeness (QED) is 0.177. The molecule has 3 aromatic rings. The molecule has 0 N–H and O–H groups in total. The van der Waals surface area contributed by atoms with Gasteiger partial charge in [0.1, 0.15) is 10.0 Å². The van der Waals surface area contributed by atoms with Gasteiger partial charge < -0.3 is 0 Å². The molecule has 0 aliphatic carbocycles. The van der Waals surface area contributed by atoms with Crippen molar-refractivity contribution in [2.75, 3.05) is 19.6 Å². The summed E-state index contributed by atoms with van der Waals surface area (Å²) in [4.78, 5) is 16.1. The van der Waals surface area contributed by atoms with E-state index in [1.807, 2.05) is 48.7 Å². The second kappa shape index (κ2) is 13.0. The third kappa shape index (κ3) is 6.51. The van der Waals surface area contributed by atoms with E-state index in [0.29, 0.717) is 46.0 Å². The van der Waals surface area contributed by atoms with Gasteiger partial charge >= 0.3 is 0 Å². The van der Waals surface area contributed by atoms with Gasteiger partial charge in [0, 0.05) is 37.0 Å². The highest BCUT2D eigenvalue weighted by molar-refractivity contribution is 8.26. The number of para-hydroxylation sites is 1. The summed E-state index contributed by atoms with van der Waals surface area (Å²) >= 11 is 6.96. The molecule has 5 rings (SSSR count). The summed E-state index contributed by atoms with van der Waals surface area (Å²) in [7, 11) is -3.59. The molecule has 216 valence electrons. The highest BCUT2D eigenvalue weighted by Crippen LogP contribution is 2.36. The molecule has 0 bridgehead atoms. The highest BCUT2D eigenvalue weighted by atomic mass is 32.2. The Labute approximate surface area is 252 Å². The number of benzene rings is 2. The smallest absolute Gasteiger partial charge is 0.266 e. The van der Waals surface area contributed by atoms with E-state index in [4.69, 9.17) is 17.3 Å². The number of amides is 1. The molecule has 2 aliphatic rings. The number of hydrogen-bond acceptors (Lipinski definition) is 6. The lowest BCUT2D eigenvalue weighted by atomic mass is 9.99. The average molecular weight is 609 g/mol. The van der Waals surface area contributed by atoms with Crippen LogP contribution in [0.4, 0.5) is 0 Å². The molecule has 10 heteroatoms. The normalized spacial score (nSPS) is 18.1. The zero-order valence-corrected chi connectivity index (χ0v) is 26.0. The number of carbonyl (C=O) groups is 1. The van der Waals surface area contributed by atoms with E-state index in [-0.39, 0.29) is 10.8 Å². The van der Waals surface area contributed by atoms with Crippen molar-refractivity contribution in [1.29, 1.82) is 0 Å². The van der Waals surface area contributed by atoms with Crippen LogP contribution in [0.3, 0.4) is 0 Å². The zero-order chi connectivity index (χ0) is 29.0. The third-order valence-electron chi connectivity index (χ3n) is 7.72. The Balaban J connectivity index is 1.52. The Kier molecular flexibility index (Phi) is 9.43. The maximum atomic E-state index is 13.5. The predicted octanol–water partition coefficient (Wildman–Crippen LogP) is 6.74. The van der Waals surface area contributed by atoms with Crippen molar-refractivity contribution in [1.82, 2.24) is 19.0 Å². The number of thiocarbonyl (C=S) groups is 1. The van der Waals surface area contributed by atoms with E-state index < -0.39 is 10.0 Å². The molecular formula is C31H36N4O3S3. The van der Waals surface area contributed by atoms with Crippen LogP contribution in [0.1, 0.15) is 57.9 Å². The summed E-state index contributed by atoms with van der Waals surface area (Å²) in [6.45, 7) is 6.06. The lowest BCUT2D eigenvalue weighted by molar-refractivity contribution is -0.122. The van der Waals surface area contributed by atoms with Crippen molar-refractivity contribution in [3.63, 3.8) is 0 Å². The predicted molar refractivity (Wildman–Crippen MR) is 170 cm³/mol. The molecule has 1 unspecified atom stereocenters. The third-order valence-corrected chi connectivity index (χ3v) is 11.0. The Morgan fingerprint density at radius 3 is 2.54 bits per heavy atom. The maximum Gasteiger partial charge on any atom is 0.266 e. The standard InChI is InChI=1S/C31H36N4O3S3/c1-3-5-12-23(4-2)21-34-30(36)28(40-31(34)39)20-25-22-35(26-14-7-6-8-15-26)32-29(25)24-13-11-16-27(19-24)41(37,38)33-17-9-10-18-33/h6-8,11,13-16,19-20,22-23H,3-5,9-10,12,17-18,21H2,1-2H3. The average Bonchev–Trinajstić information content (AvgIpc) is 3.73. The summed E-state index contributed by atoms with van der Waals surface area (Å²) in [5.74, 6) is 0.326. The first-order valence-electron chi connectivity index (χ1n) is 14.3. The molecule has 41 heavy (non-hydrogen) atoms.